The van der Waals surface area contributed by atoms with Gasteiger partial charge in [0.2, 0.25) is 5.78 Å². The largest absolute Gasteiger partial charge is 0.359 e. The molecule has 0 N–H and O–H groups in total. The van der Waals surface area contributed by atoms with Gasteiger partial charge in [0, 0.05) is 20.6 Å². The molecule has 0 aromatic heterocycles. The first-order chi connectivity index (χ1) is 12.8. The summed E-state index contributed by atoms with van der Waals surface area (Å²) in [5.41, 5.74) is -1.59. The zero-order valence-corrected chi connectivity index (χ0v) is 16.0. The van der Waals surface area contributed by atoms with Gasteiger partial charge in [-0.05, 0) is 30.3 Å². The molecule has 148 valence electrons. The van der Waals surface area contributed by atoms with Crippen molar-refractivity contribution in [1.82, 2.24) is 5.06 Å². The maximum Gasteiger partial charge on any atom is 0.261 e. The summed E-state index contributed by atoms with van der Waals surface area (Å²) < 4.78 is 16.0. The van der Waals surface area contributed by atoms with Crippen LogP contribution in [-0.4, -0.2) is 61.5 Å². The smallest absolute Gasteiger partial charge is 0.261 e. The molecular weight excluding hydrogens is 354 g/mol. The van der Waals surface area contributed by atoms with Gasteiger partial charge in [-0.25, -0.2) is 5.06 Å². The Labute approximate surface area is 157 Å². The van der Waals surface area contributed by atoms with Crippen molar-refractivity contribution in [2.75, 3.05) is 21.0 Å². The molecule has 0 radical (unpaired) electrons. The third-order valence-corrected chi connectivity index (χ3v) is 7.10. The lowest BCUT2D eigenvalue weighted by molar-refractivity contribution is -0.330. The number of rotatable bonds is 5. The summed E-state index contributed by atoms with van der Waals surface area (Å²) in [7, 11) is 2.78. The summed E-state index contributed by atoms with van der Waals surface area (Å²) in [4.78, 5) is 45.0. The van der Waals surface area contributed by atoms with E-state index in [0.717, 1.165) is 11.5 Å². The summed E-state index contributed by atoms with van der Waals surface area (Å²) >= 11 is 0. The lowest BCUT2D eigenvalue weighted by atomic mass is 9.67. The predicted molar refractivity (Wildman–Crippen MR) is 90.9 cm³/mol. The molecule has 1 amide bonds. The Hall–Kier alpha value is -1.61. The van der Waals surface area contributed by atoms with Crippen molar-refractivity contribution in [3.05, 3.63) is 12.2 Å². The molecule has 8 nitrogen and oxygen atoms in total. The highest BCUT2D eigenvalue weighted by atomic mass is 16.8. The van der Waals surface area contributed by atoms with E-state index in [1.54, 1.807) is 12.2 Å². The monoisotopic (exact) mass is 379 g/mol. The van der Waals surface area contributed by atoms with Crippen molar-refractivity contribution in [2.24, 2.45) is 16.7 Å². The Morgan fingerprint density at radius 3 is 2.59 bits per heavy atom. The quantitative estimate of drug-likeness (QED) is 0.400. The molecule has 3 fully saturated rings. The number of hydroxylamine groups is 2. The summed E-state index contributed by atoms with van der Waals surface area (Å²) in [6.45, 7) is 3.76. The average Bonchev–Trinajstić information content (AvgIpc) is 3.03. The summed E-state index contributed by atoms with van der Waals surface area (Å²) in [6.07, 6.45) is 3.98. The molecule has 2 aliphatic heterocycles. The first-order valence-electron chi connectivity index (χ1n) is 9.20. The molecule has 0 spiro atoms. The SMILES string of the molecule is COCOC1(OC)C(=O)C2C=CC1N(C(=O)[C@@]13CCC(CC1=O)C3(C)C)O2. The van der Waals surface area contributed by atoms with Crippen LogP contribution in [0, 0.1) is 16.7 Å². The number of hydrogen-bond acceptors (Lipinski definition) is 7. The Morgan fingerprint density at radius 2 is 2.04 bits per heavy atom. The molecule has 27 heavy (non-hydrogen) atoms. The third kappa shape index (κ3) is 2.10. The molecule has 5 rings (SSSR count). The number of nitrogens with zero attached hydrogens (tertiary/aromatic N) is 1. The normalized spacial score (nSPS) is 41.6. The van der Waals surface area contributed by atoms with Gasteiger partial charge in [0.25, 0.3) is 11.7 Å². The second-order valence-corrected chi connectivity index (χ2v) is 8.26. The molecule has 2 saturated carbocycles. The predicted octanol–water partition coefficient (Wildman–Crippen LogP) is 0.995. The van der Waals surface area contributed by atoms with Gasteiger partial charge in [-0.15, -0.1) is 0 Å². The van der Waals surface area contributed by atoms with Crippen molar-refractivity contribution in [2.45, 2.75) is 51.0 Å². The standard InChI is InChI=1S/C19H25NO7/c1-17(2)11-7-8-18(17,14(21)9-11)16(23)20-13-6-5-12(27-20)15(22)19(13,25-4)26-10-24-3/h5-6,11-13H,7-10H2,1-4H3/t11?,12?,13?,18-,19?/m1/s1. The van der Waals surface area contributed by atoms with Gasteiger partial charge < -0.3 is 14.2 Å². The fourth-order valence-electron chi connectivity index (χ4n) is 5.39. The molecule has 0 aromatic carbocycles. The minimum absolute atomic E-state index is 0.0464. The first-order valence-corrected chi connectivity index (χ1v) is 9.20. The molecule has 5 atom stereocenters. The molecule has 0 aromatic rings. The molecule has 5 aliphatic rings. The third-order valence-electron chi connectivity index (χ3n) is 7.10. The van der Waals surface area contributed by atoms with E-state index in [1.165, 1.54) is 14.2 Å². The molecule has 8 heteroatoms. The lowest BCUT2D eigenvalue weighted by Gasteiger charge is -2.51. The molecule has 3 aliphatic carbocycles. The molecule has 1 saturated heterocycles. The van der Waals surface area contributed by atoms with Gasteiger partial charge in [-0.2, -0.15) is 0 Å². The Kier molecular flexibility index (Phi) is 4.12. The number of hydrogen-bond donors (Lipinski definition) is 0. The van der Waals surface area contributed by atoms with E-state index < -0.39 is 40.5 Å². The number of ketones is 2. The van der Waals surface area contributed by atoms with Crippen LogP contribution in [-0.2, 0) is 33.4 Å². The maximum absolute atomic E-state index is 13.7. The Bertz CT molecular complexity index is 732. The van der Waals surface area contributed by atoms with Crippen molar-refractivity contribution in [1.29, 1.82) is 0 Å². The van der Waals surface area contributed by atoms with Gasteiger partial charge >= 0.3 is 0 Å². The van der Waals surface area contributed by atoms with E-state index in [2.05, 4.69) is 0 Å². The topological polar surface area (TPSA) is 91.4 Å². The summed E-state index contributed by atoms with van der Waals surface area (Å²) in [5, 5.41) is 1.14. The van der Waals surface area contributed by atoms with Gasteiger partial charge in [-0.3, -0.25) is 19.2 Å². The number of carbonyl (C=O) groups is 3. The van der Waals surface area contributed by atoms with E-state index in [-0.39, 0.29) is 18.5 Å². The van der Waals surface area contributed by atoms with Crippen LogP contribution in [0.1, 0.15) is 33.1 Å². The van der Waals surface area contributed by atoms with Crippen LogP contribution >= 0.6 is 0 Å². The maximum atomic E-state index is 13.7. The van der Waals surface area contributed by atoms with E-state index in [4.69, 9.17) is 19.0 Å². The van der Waals surface area contributed by atoms with Gasteiger partial charge in [0.15, 0.2) is 6.10 Å². The van der Waals surface area contributed by atoms with Crippen LogP contribution in [0.2, 0.25) is 0 Å². The molecule has 2 heterocycles. The van der Waals surface area contributed by atoms with Gasteiger partial charge in [0.1, 0.15) is 24.0 Å². The van der Waals surface area contributed by atoms with Crippen LogP contribution in [0.3, 0.4) is 0 Å². The first kappa shape index (κ1) is 18.7. The molecular formula is C19H25NO7. The van der Waals surface area contributed by atoms with Crippen molar-refractivity contribution in [3.8, 4) is 0 Å². The van der Waals surface area contributed by atoms with Crippen molar-refractivity contribution >= 4 is 17.5 Å². The number of carbonyl (C=O) groups excluding carboxylic acids is 3. The highest BCUT2D eigenvalue weighted by molar-refractivity contribution is 6.10. The summed E-state index contributed by atoms with van der Waals surface area (Å²) in [6, 6.07) is -0.930. The van der Waals surface area contributed by atoms with E-state index in [1.807, 2.05) is 13.8 Å². The zero-order valence-electron chi connectivity index (χ0n) is 16.0. The van der Waals surface area contributed by atoms with Crippen LogP contribution in [0.4, 0.5) is 0 Å². The molecule has 4 bridgehead atoms. The minimum Gasteiger partial charge on any atom is -0.359 e. The number of Topliss-reactive ketones (excluding diaryl/α,β-unsaturated/α-hetero) is 2. The number of methoxy groups -OCH3 is 2. The Balaban J connectivity index is 1.73. The lowest BCUT2D eigenvalue weighted by Crippen LogP contribution is -2.72. The second kappa shape index (κ2) is 5.94. The van der Waals surface area contributed by atoms with E-state index in [0.29, 0.717) is 12.8 Å². The zero-order chi connectivity index (χ0) is 19.6. The fraction of sp³-hybridized carbons (Fsp3) is 0.737. The Morgan fingerprint density at radius 1 is 1.30 bits per heavy atom. The van der Waals surface area contributed by atoms with Crippen LogP contribution in [0.5, 0.6) is 0 Å². The highest BCUT2D eigenvalue weighted by Crippen LogP contribution is 2.65. The second-order valence-electron chi connectivity index (χ2n) is 8.26. The number of fused-ring (bicyclic) bond motifs is 4. The van der Waals surface area contributed by atoms with E-state index in [9.17, 15) is 14.4 Å². The number of ether oxygens (including phenoxy) is 3. The molecule has 4 unspecified atom stereocenters. The summed E-state index contributed by atoms with van der Waals surface area (Å²) in [5.74, 6) is -2.42. The van der Waals surface area contributed by atoms with Crippen molar-refractivity contribution in [3.63, 3.8) is 0 Å². The van der Waals surface area contributed by atoms with Gasteiger partial charge in [0.05, 0.1) is 0 Å². The number of amides is 1. The van der Waals surface area contributed by atoms with Crippen LogP contribution in [0.15, 0.2) is 12.2 Å². The highest BCUT2D eigenvalue weighted by Gasteiger charge is 2.71. The minimum atomic E-state index is -1.72. The van der Waals surface area contributed by atoms with E-state index >= 15 is 0 Å². The average molecular weight is 379 g/mol. The van der Waals surface area contributed by atoms with Crippen molar-refractivity contribution < 1.29 is 33.4 Å². The van der Waals surface area contributed by atoms with Crippen LogP contribution < -0.4 is 0 Å². The van der Waals surface area contributed by atoms with Gasteiger partial charge in [-0.1, -0.05) is 19.9 Å². The fourth-order valence-corrected chi connectivity index (χ4v) is 5.39. The van der Waals surface area contributed by atoms with Crippen LogP contribution in [0.25, 0.3) is 0 Å².